The van der Waals surface area contributed by atoms with Crippen molar-refractivity contribution in [2.75, 3.05) is 0 Å². The van der Waals surface area contributed by atoms with Crippen LogP contribution in [0.25, 0.3) is 99.1 Å². The maximum atomic E-state index is 6.66. The number of benzene rings is 9. The molecule has 12 rings (SSSR count). The molecule has 55 heavy (non-hydrogen) atoms. The number of ether oxygens (including phenoxy) is 1. The van der Waals surface area contributed by atoms with Crippen molar-refractivity contribution in [1.29, 1.82) is 0 Å². The maximum Gasteiger partial charge on any atom is 0.138 e. The highest BCUT2D eigenvalue weighted by Gasteiger charge is 2.25. The fraction of sp³-hybridized carbons (Fsp3) is 0. The van der Waals surface area contributed by atoms with Gasteiger partial charge in [0.25, 0.3) is 0 Å². The van der Waals surface area contributed by atoms with Gasteiger partial charge in [-0.15, -0.1) is 0 Å². The predicted molar refractivity (Wildman–Crippen MR) is 229 cm³/mol. The van der Waals surface area contributed by atoms with E-state index < -0.39 is 0 Å². The zero-order valence-corrected chi connectivity index (χ0v) is 29.8. The molecule has 1 aliphatic rings. The van der Waals surface area contributed by atoms with E-state index in [9.17, 15) is 0 Å². The van der Waals surface area contributed by atoms with Crippen molar-refractivity contribution < 1.29 is 4.74 Å². The van der Waals surface area contributed by atoms with E-state index in [0.717, 1.165) is 44.9 Å². The summed E-state index contributed by atoms with van der Waals surface area (Å²) in [5, 5.41) is 7.31. The Kier molecular flexibility index (Phi) is 6.34. The molecule has 0 radical (unpaired) electrons. The van der Waals surface area contributed by atoms with E-state index in [1.54, 1.807) is 0 Å². The summed E-state index contributed by atoms with van der Waals surface area (Å²) in [6.45, 7) is 0. The van der Waals surface area contributed by atoms with Gasteiger partial charge in [-0.2, -0.15) is 0 Å². The van der Waals surface area contributed by atoms with Gasteiger partial charge in [0, 0.05) is 49.9 Å². The Morgan fingerprint density at radius 1 is 0.291 bits per heavy atom. The SMILES string of the molecule is c1ccc(-c2ccc3c4ccccc4n(-c4cccc(-c5ccc6c(c5)c5c7cccc8c7c(cc5n6-c5ccccc5)Oc5ccccc5-8)c4)c3c2)cc1. The quantitative estimate of drug-likeness (QED) is 0.179. The third-order valence-electron chi connectivity index (χ3n) is 11.5. The molecule has 256 valence electrons. The Labute approximate surface area is 317 Å². The molecule has 0 N–H and O–H groups in total. The lowest BCUT2D eigenvalue weighted by atomic mass is 9.92. The van der Waals surface area contributed by atoms with Crippen LogP contribution in [0.15, 0.2) is 194 Å². The average Bonchev–Trinajstić information content (AvgIpc) is 3.76. The van der Waals surface area contributed by atoms with Crippen LogP contribution in [0.1, 0.15) is 0 Å². The third-order valence-corrected chi connectivity index (χ3v) is 11.5. The molecule has 0 fully saturated rings. The van der Waals surface area contributed by atoms with Gasteiger partial charge in [-0.05, 0) is 87.8 Å². The largest absolute Gasteiger partial charge is 0.456 e. The van der Waals surface area contributed by atoms with Gasteiger partial charge in [0.2, 0.25) is 0 Å². The van der Waals surface area contributed by atoms with E-state index in [1.165, 1.54) is 65.8 Å². The molecule has 0 atom stereocenters. The number of hydrogen-bond donors (Lipinski definition) is 0. The van der Waals surface area contributed by atoms with Crippen LogP contribution < -0.4 is 4.74 Å². The number of rotatable bonds is 4. The molecule has 3 heterocycles. The van der Waals surface area contributed by atoms with Crippen molar-refractivity contribution in [3.8, 4) is 56.3 Å². The van der Waals surface area contributed by atoms with E-state index in [1.807, 2.05) is 6.07 Å². The smallest absolute Gasteiger partial charge is 0.138 e. The molecule has 0 saturated heterocycles. The molecule has 0 amide bonds. The first-order chi connectivity index (χ1) is 27.3. The molecule has 0 unspecified atom stereocenters. The Bertz CT molecular complexity index is 3330. The predicted octanol–water partition coefficient (Wildman–Crippen LogP) is 14.1. The highest BCUT2D eigenvalue weighted by Crippen LogP contribution is 2.50. The molecule has 11 aromatic rings. The second-order valence-corrected chi connectivity index (χ2v) is 14.5. The van der Waals surface area contributed by atoms with Crippen molar-refractivity contribution in [3.63, 3.8) is 0 Å². The molecule has 0 aliphatic carbocycles. The van der Waals surface area contributed by atoms with E-state index in [4.69, 9.17) is 4.74 Å². The first kappa shape index (κ1) is 30.1. The van der Waals surface area contributed by atoms with Gasteiger partial charge in [0.15, 0.2) is 0 Å². The monoisotopic (exact) mass is 700 g/mol. The van der Waals surface area contributed by atoms with E-state index in [0.29, 0.717) is 0 Å². The van der Waals surface area contributed by atoms with E-state index >= 15 is 0 Å². The van der Waals surface area contributed by atoms with Crippen LogP contribution in [-0.4, -0.2) is 9.13 Å². The Morgan fingerprint density at radius 2 is 0.909 bits per heavy atom. The van der Waals surface area contributed by atoms with Gasteiger partial charge < -0.3 is 13.9 Å². The second kappa shape index (κ2) is 11.6. The first-order valence-electron chi connectivity index (χ1n) is 18.8. The fourth-order valence-electron chi connectivity index (χ4n) is 9.07. The molecule has 0 saturated carbocycles. The molecule has 2 aromatic heterocycles. The minimum Gasteiger partial charge on any atom is -0.456 e. The summed E-state index contributed by atoms with van der Waals surface area (Å²) in [5.74, 6) is 1.79. The lowest BCUT2D eigenvalue weighted by Gasteiger charge is -2.22. The summed E-state index contributed by atoms with van der Waals surface area (Å²) in [4.78, 5) is 0. The van der Waals surface area contributed by atoms with Gasteiger partial charge in [-0.1, -0.05) is 133 Å². The van der Waals surface area contributed by atoms with Crippen molar-refractivity contribution in [3.05, 3.63) is 194 Å². The van der Waals surface area contributed by atoms with Gasteiger partial charge in [0.05, 0.1) is 22.1 Å². The molecular formula is C52H32N2O. The number of hydrogen-bond acceptors (Lipinski definition) is 1. The van der Waals surface area contributed by atoms with Crippen LogP contribution in [-0.2, 0) is 0 Å². The van der Waals surface area contributed by atoms with Crippen LogP contribution >= 0.6 is 0 Å². The molecule has 9 aromatic carbocycles. The van der Waals surface area contributed by atoms with Crippen molar-refractivity contribution >= 4 is 54.4 Å². The van der Waals surface area contributed by atoms with E-state index in [2.05, 4.69) is 197 Å². The van der Waals surface area contributed by atoms with Crippen LogP contribution in [0.3, 0.4) is 0 Å². The minimum absolute atomic E-state index is 0.894. The third kappa shape index (κ3) is 4.44. The van der Waals surface area contributed by atoms with E-state index in [-0.39, 0.29) is 0 Å². The zero-order valence-electron chi connectivity index (χ0n) is 29.8. The highest BCUT2D eigenvalue weighted by atomic mass is 16.5. The van der Waals surface area contributed by atoms with Crippen LogP contribution in [0.4, 0.5) is 0 Å². The zero-order chi connectivity index (χ0) is 36.0. The Hall–Kier alpha value is -7.36. The van der Waals surface area contributed by atoms with Crippen molar-refractivity contribution in [1.82, 2.24) is 9.13 Å². The summed E-state index contributed by atoms with van der Waals surface area (Å²) >= 11 is 0. The van der Waals surface area contributed by atoms with Crippen molar-refractivity contribution in [2.24, 2.45) is 0 Å². The summed E-state index contributed by atoms with van der Waals surface area (Å²) in [5.41, 5.74) is 14.1. The molecule has 0 bridgehead atoms. The minimum atomic E-state index is 0.894. The van der Waals surface area contributed by atoms with Crippen molar-refractivity contribution in [2.45, 2.75) is 0 Å². The first-order valence-corrected chi connectivity index (χ1v) is 18.8. The normalized spacial score (nSPS) is 12.1. The lowest BCUT2D eigenvalue weighted by Crippen LogP contribution is -1.98. The number of para-hydroxylation sites is 3. The van der Waals surface area contributed by atoms with Crippen LogP contribution in [0.5, 0.6) is 11.5 Å². The maximum absolute atomic E-state index is 6.66. The number of aromatic nitrogens is 2. The topological polar surface area (TPSA) is 19.1 Å². The summed E-state index contributed by atoms with van der Waals surface area (Å²) in [6, 6.07) is 70.2. The van der Waals surface area contributed by atoms with Crippen LogP contribution in [0, 0.1) is 0 Å². The molecule has 3 nitrogen and oxygen atoms in total. The second-order valence-electron chi connectivity index (χ2n) is 14.5. The molecule has 1 aliphatic heterocycles. The van der Waals surface area contributed by atoms with Gasteiger partial charge >= 0.3 is 0 Å². The molecule has 0 spiro atoms. The van der Waals surface area contributed by atoms with Gasteiger partial charge in [-0.3, -0.25) is 0 Å². The lowest BCUT2D eigenvalue weighted by molar-refractivity contribution is 0.487. The van der Waals surface area contributed by atoms with Crippen LogP contribution in [0.2, 0.25) is 0 Å². The number of nitrogens with zero attached hydrogens (tertiary/aromatic N) is 2. The van der Waals surface area contributed by atoms with Gasteiger partial charge in [0.1, 0.15) is 11.5 Å². The summed E-state index contributed by atoms with van der Waals surface area (Å²) in [7, 11) is 0. The Balaban J connectivity index is 1.10. The fourth-order valence-corrected chi connectivity index (χ4v) is 9.07. The standard InChI is InChI=1S/C52H32N2O/c1-3-13-33(14-4-1)36-25-27-40-39-19-7-9-23-45(39)54(47(40)31-36)38-18-11-15-34(29-38)35-26-28-46-44(30-35)51-43-22-12-21-42-41-20-8-10-24-49(41)55-50(52(42)43)32-48(51)53(46)37-16-5-2-6-17-37/h1-32H. The Morgan fingerprint density at radius 3 is 1.82 bits per heavy atom. The highest BCUT2D eigenvalue weighted by molar-refractivity contribution is 6.26. The van der Waals surface area contributed by atoms with Gasteiger partial charge in [-0.25, -0.2) is 0 Å². The summed E-state index contributed by atoms with van der Waals surface area (Å²) in [6.07, 6.45) is 0. The molecular weight excluding hydrogens is 669 g/mol. The number of fused-ring (bicyclic) bond motifs is 9. The molecule has 3 heteroatoms. The summed E-state index contributed by atoms with van der Waals surface area (Å²) < 4.78 is 11.5. The average molecular weight is 701 g/mol.